The maximum Gasteiger partial charge on any atom is 0.167 e. The molecular formula is C15H7Cl3N2O. The quantitative estimate of drug-likeness (QED) is 0.681. The van der Waals surface area contributed by atoms with Crippen LogP contribution < -0.4 is 4.74 Å². The summed E-state index contributed by atoms with van der Waals surface area (Å²) >= 11 is 18.3. The van der Waals surface area contributed by atoms with Gasteiger partial charge in [-0.1, -0.05) is 53.0 Å². The topological polar surface area (TPSA) is 56.8 Å². The maximum absolute atomic E-state index is 9.15. The molecule has 0 N–H and O–H groups in total. The number of aryl methyl sites for hydroxylation is 1. The van der Waals surface area contributed by atoms with E-state index < -0.39 is 0 Å². The van der Waals surface area contributed by atoms with Gasteiger partial charge in [0.05, 0.1) is 16.1 Å². The Morgan fingerprint density at radius 3 is 2.05 bits per heavy atom. The normalized spacial score (nSPS) is 9.81. The van der Waals surface area contributed by atoms with Gasteiger partial charge in [-0.3, -0.25) is 0 Å². The predicted octanol–water partition coefficient (Wildman–Crippen LogP) is 5.49. The molecule has 0 heterocycles. The number of hydrogen-bond donors (Lipinski definition) is 0. The molecule has 0 aliphatic carbocycles. The third-order valence-electron chi connectivity index (χ3n) is 2.81. The van der Waals surface area contributed by atoms with Crippen LogP contribution in [0.2, 0.25) is 15.1 Å². The molecule has 0 radical (unpaired) electrons. The summed E-state index contributed by atoms with van der Waals surface area (Å²) in [6.07, 6.45) is 0. The highest BCUT2D eigenvalue weighted by atomic mass is 35.5. The first kappa shape index (κ1) is 15.5. The van der Waals surface area contributed by atoms with Gasteiger partial charge in [-0.2, -0.15) is 10.5 Å². The third-order valence-corrected chi connectivity index (χ3v) is 4.01. The van der Waals surface area contributed by atoms with E-state index in [-0.39, 0.29) is 31.9 Å². The number of nitrogens with zero attached hydrogens (tertiary/aromatic N) is 2. The van der Waals surface area contributed by atoms with Crippen LogP contribution in [-0.2, 0) is 0 Å². The van der Waals surface area contributed by atoms with Crippen LogP contribution in [0.15, 0.2) is 24.3 Å². The van der Waals surface area contributed by atoms with Crippen LogP contribution in [0.1, 0.15) is 16.7 Å². The fraction of sp³-hybridized carbons (Fsp3) is 0.0667. The summed E-state index contributed by atoms with van der Waals surface area (Å²) < 4.78 is 5.68. The average Bonchev–Trinajstić information content (AvgIpc) is 2.48. The maximum atomic E-state index is 9.15. The molecule has 2 aromatic carbocycles. The Labute approximate surface area is 136 Å². The summed E-state index contributed by atoms with van der Waals surface area (Å²) in [6, 6.07) is 10.9. The van der Waals surface area contributed by atoms with Crippen LogP contribution in [0.4, 0.5) is 0 Å². The fourth-order valence-corrected chi connectivity index (χ4v) is 2.49. The Bertz CT molecular complexity index is 804. The molecule has 0 saturated carbocycles. The number of halogens is 3. The van der Waals surface area contributed by atoms with Crippen molar-refractivity contribution in [2.24, 2.45) is 0 Å². The Balaban J connectivity index is 2.67. The summed E-state index contributed by atoms with van der Waals surface area (Å²) in [5, 5.41) is 18.1. The minimum atomic E-state index is -0.0636. The van der Waals surface area contributed by atoms with Gasteiger partial charge in [0.15, 0.2) is 5.75 Å². The van der Waals surface area contributed by atoms with E-state index in [0.717, 1.165) is 5.56 Å². The zero-order valence-corrected chi connectivity index (χ0v) is 13.0. The second-order valence-electron chi connectivity index (χ2n) is 4.11. The van der Waals surface area contributed by atoms with Crippen LogP contribution in [0.5, 0.6) is 11.5 Å². The van der Waals surface area contributed by atoms with E-state index >= 15 is 0 Å². The van der Waals surface area contributed by atoms with Crippen molar-refractivity contribution < 1.29 is 4.74 Å². The first-order valence-corrected chi connectivity index (χ1v) is 6.88. The number of rotatable bonds is 2. The standard InChI is InChI=1S/C15H7Cl3N2O/c1-8-4-2-3-5-11(8)21-15-13(17)10(7-20)9(6-19)12(16)14(15)18/h2-5H,1H3. The summed E-state index contributed by atoms with van der Waals surface area (Å²) in [5.74, 6) is 0.596. The van der Waals surface area contributed by atoms with E-state index in [1.54, 1.807) is 12.1 Å². The second-order valence-corrected chi connectivity index (χ2v) is 5.25. The summed E-state index contributed by atoms with van der Waals surface area (Å²) in [5.41, 5.74) is 0.743. The molecule has 0 amide bonds. The molecule has 0 atom stereocenters. The highest BCUT2D eigenvalue weighted by Crippen LogP contribution is 2.45. The van der Waals surface area contributed by atoms with Gasteiger partial charge in [0.1, 0.15) is 27.9 Å². The lowest BCUT2D eigenvalue weighted by Gasteiger charge is -2.14. The Kier molecular flexibility index (Phi) is 4.60. The van der Waals surface area contributed by atoms with Crippen molar-refractivity contribution in [1.29, 1.82) is 10.5 Å². The predicted molar refractivity (Wildman–Crippen MR) is 82.2 cm³/mol. The zero-order valence-electron chi connectivity index (χ0n) is 10.7. The van der Waals surface area contributed by atoms with E-state index in [1.807, 2.05) is 31.2 Å². The molecule has 0 saturated heterocycles. The lowest BCUT2D eigenvalue weighted by atomic mass is 10.1. The van der Waals surface area contributed by atoms with E-state index in [9.17, 15) is 0 Å². The van der Waals surface area contributed by atoms with Crippen molar-refractivity contribution in [3.05, 3.63) is 56.0 Å². The number of hydrogen-bond acceptors (Lipinski definition) is 3. The molecule has 21 heavy (non-hydrogen) atoms. The van der Waals surface area contributed by atoms with Crippen LogP contribution >= 0.6 is 34.8 Å². The van der Waals surface area contributed by atoms with Crippen molar-refractivity contribution in [2.75, 3.05) is 0 Å². The number of benzene rings is 2. The largest absolute Gasteiger partial charge is 0.454 e. The Hall–Kier alpha value is -1.91. The van der Waals surface area contributed by atoms with Crippen molar-refractivity contribution >= 4 is 34.8 Å². The van der Waals surface area contributed by atoms with Crippen LogP contribution in [-0.4, -0.2) is 0 Å². The van der Waals surface area contributed by atoms with Gasteiger partial charge in [0.25, 0.3) is 0 Å². The highest BCUT2D eigenvalue weighted by Gasteiger charge is 2.23. The molecule has 0 bridgehead atoms. The van der Waals surface area contributed by atoms with Gasteiger partial charge in [0, 0.05) is 0 Å². The number of ether oxygens (including phenoxy) is 1. The first-order chi connectivity index (χ1) is 10.0. The SMILES string of the molecule is Cc1ccccc1Oc1c(Cl)c(Cl)c(C#N)c(C#N)c1Cl. The van der Waals surface area contributed by atoms with Crippen molar-refractivity contribution in [3.8, 4) is 23.6 Å². The van der Waals surface area contributed by atoms with Crippen molar-refractivity contribution in [2.45, 2.75) is 6.92 Å². The number of nitriles is 2. The van der Waals surface area contributed by atoms with E-state index in [4.69, 9.17) is 50.1 Å². The second kappa shape index (κ2) is 6.24. The van der Waals surface area contributed by atoms with E-state index in [0.29, 0.717) is 5.75 Å². The lowest BCUT2D eigenvalue weighted by Crippen LogP contribution is -1.95. The summed E-state index contributed by atoms with van der Waals surface area (Å²) in [6.45, 7) is 1.85. The highest BCUT2D eigenvalue weighted by molar-refractivity contribution is 6.46. The van der Waals surface area contributed by atoms with Gasteiger partial charge in [0.2, 0.25) is 0 Å². The molecule has 0 unspecified atom stereocenters. The molecule has 104 valence electrons. The van der Waals surface area contributed by atoms with Crippen LogP contribution in [0, 0.1) is 29.6 Å². The Morgan fingerprint density at radius 2 is 1.48 bits per heavy atom. The van der Waals surface area contributed by atoms with Gasteiger partial charge >= 0.3 is 0 Å². The average molecular weight is 338 g/mol. The third kappa shape index (κ3) is 2.77. The molecular weight excluding hydrogens is 331 g/mol. The smallest absolute Gasteiger partial charge is 0.167 e. The van der Waals surface area contributed by atoms with Crippen molar-refractivity contribution in [1.82, 2.24) is 0 Å². The molecule has 0 spiro atoms. The fourth-order valence-electron chi connectivity index (χ4n) is 1.72. The van der Waals surface area contributed by atoms with Gasteiger partial charge in [-0.05, 0) is 18.6 Å². The molecule has 0 fully saturated rings. The van der Waals surface area contributed by atoms with Gasteiger partial charge in [-0.25, -0.2) is 0 Å². The molecule has 0 aliphatic heterocycles. The van der Waals surface area contributed by atoms with Crippen LogP contribution in [0.25, 0.3) is 0 Å². The Morgan fingerprint density at radius 1 is 0.905 bits per heavy atom. The molecule has 0 aliphatic rings. The minimum absolute atomic E-state index is 0.000435. The van der Waals surface area contributed by atoms with Gasteiger partial charge < -0.3 is 4.74 Å². The van der Waals surface area contributed by atoms with Gasteiger partial charge in [-0.15, -0.1) is 0 Å². The molecule has 3 nitrogen and oxygen atoms in total. The summed E-state index contributed by atoms with van der Waals surface area (Å²) in [4.78, 5) is 0. The van der Waals surface area contributed by atoms with E-state index in [2.05, 4.69) is 0 Å². The number of para-hydroxylation sites is 1. The molecule has 6 heteroatoms. The first-order valence-electron chi connectivity index (χ1n) is 5.75. The minimum Gasteiger partial charge on any atom is -0.454 e. The molecule has 2 aromatic rings. The zero-order chi connectivity index (χ0) is 15.6. The molecule has 0 aromatic heterocycles. The molecule has 2 rings (SSSR count). The monoisotopic (exact) mass is 336 g/mol. The van der Waals surface area contributed by atoms with E-state index in [1.165, 1.54) is 0 Å². The van der Waals surface area contributed by atoms with Crippen molar-refractivity contribution in [3.63, 3.8) is 0 Å². The van der Waals surface area contributed by atoms with Crippen LogP contribution in [0.3, 0.4) is 0 Å². The lowest BCUT2D eigenvalue weighted by molar-refractivity contribution is 0.479. The summed E-state index contributed by atoms with van der Waals surface area (Å²) in [7, 11) is 0.